The fraction of sp³-hybridized carbons (Fsp3) is 0.600. The highest BCUT2D eigenvalue weighted by Gasteiger charge is 2.16. The van der Waals surface area contributed by atoms with Crippen LogP contribution in [0.3, 0.4) is 0 Å². The maximum atomic E-state index is 10.3. The van der Waals surface area contributed by atoms with E-state index in [9.17, 15) is 5.11 Å². The van der Waals surface area contributed by atoms with Crippen molar-refractivity contribution in [2.45, 2.75) is 52.2 Å². The molecule has 0 spiro atoms. The topological polar surface area (TPSA) is 55.9 Å². The lowest BCUT2D eigenvalue weighted by molar-refractivity contribution is 0.176. The standard InChI is InChI=1S/C15H24N4O/c1-5-13(6-2)19-8-7-12(17-19)9-15(20)14-10-18(4)16-11(14)3/h7-8,10,13,15,20H,5-6,9H2,1-4H3. The molecule has 0 aromatic carbocycles. The molecule has 0 fully saturated rings. The molecule has 0 amide bonds. The molecular weight excluding hydrogens is 252 g/mol. The van der Waals surface area contributed by atoms with E-state index >= 15 is 0 Å². The Hall–Kier alpha value is -1.62. The van der Waals surface area contributed by atoms with Gasteiger partial charge in [-0.05, 0) is 25.8 Å². The van der Waals surface area contributed by atoms with Crippen LogP contribution in [0.25, 0.3) is 0 Å². The number of aromatic nitrogens is 4. The SMILES string of the molecule is CCC(CC)n1ccc(CC(O)c2cn(C)nc2C)n1. The second-order valence-electron chi connectivity index (χ2n) is 5.32. The van der Waals surface area contributed by atoms with Crippen molar-refractivity contribution in [1.82, 2.24) is 19.6 Å². The van der Waals surface area contributed by atoms with Crippen molar-refractivity contribution in [3.8, 4) is 0 Å². The van der Waals surface area contributed by atoms with E-state index in [4.69, 9.17) is 0 Å². The predicted octanol–water partition coefficient (Wildman–Crippen LogP) is 2.56. The highest BCUT2D eigenvalue weighted by molar-refractivity contribution is 5.20. The van der Waals surface area contributed by atoms with Crippen LogP contribution in [0.5, 0.6) is 0 Å². The van der Waals surface area contributed by atoms with Gasteiger partial charge in [-0.2, -0.15) is 10.2 Å². The van der Waals surface area contributed by atoms with Crippen LogP contribution >= 0.6 is 0 Å². The summed E-state index contributed by atoms with van der Waals surface area (Å²) in [6.45, 7) is 6.26. The van der Waals surface area contributed by atoms with Gasteiger partial charge in [0, 0.05) is 31.4 Å². The average Bonchev–Trinajstić information content (AvgIpc) is 2.98. The Morgan fingerprint density at radius 2 is 1.95 bits per heavy atom. The van der Waals surface area contributed by atoms with Crippen LogP contribution in [0.4, 0.5) is 0 Å². The van der Waals surface area contributed by atoms with Gasteiger partial charge >= 0.3 is 0 Å². The molecule has 2 aromatic heterocycles. The number of aliphatic hydroxyl groups excluding tert-OH is 1. The third-order valence-corrected chi connectivity index (χ3v) is 3.79. The maximum Gasteiger partial charge on any atom is 0.0879 e. The lowest BCUT2D eigenvalue weighted by Gasteiger charge is -2.13. The van der Waals surface area contributed by atoms with E-state index in [0.29, 0.717) is 12.5 Å². The van der Waals surface area contributed by atoms with Gasteiger partial charge in [-0.15, -0.1) is 0 Å². The molecule has 1 N–H and O–H groups in total. The lowest BCUT2D eigenvalue weighted by atomic mass is 10.1. The number of aliphatic hydroxyl groups is 1. The van der Waals surface area contributed by atoms with Crippen LogP contribution in [-0.2, 0) is 13.5 Å². The van der Waals surface area contributed by atoms with Crippen molar-refractivity contribution < 1.29 is 5.11 Å². The second kappa shape index (κ2) is 6.22. The zero-order valence-electron chi connectivity index (χ0n) is 12.7. The minimum atomic E-state index is -0.547. The van der Waals surface area contributed by atoms with Gasteiger partial charge in [-0.1, -0.05) is 13.8 Å². The first-order valence-corrected chi connectivity index (χ1v) is 7.27. The smallest absolute Gasteiger partial charge is 0.0879 e. The van der Waals surface area contributed by atoms with Crippen molar-refractivity contribution >= 4 is 0 Å². The molecule has 2 aromatic rings. The van der Waals surface area contributed by atoms with Crippen LogP contribution < -0.4 is 0 Å². The molecule has 0 radical (unpaired) electrons. The van der Waals surface area contributed by atoms with Crippen LogP contribution in [0.1, 0.15) is 55.8 Å². The van der Waals surface area contributed by atoms with Crippen LogP contribution in [0.15, 0.2) is 18.5 Å². The van der Waals surface area contributed by atoms with E-state index < -0.39 is 6.10 Å². The number of hydrogen-bond donors (Lipinski definition) is 1. The van der Waals surface area contributed by atoms with Crippen LogP contribution in [0.2, 0.25) is 0 Å². The van der Waals surface area contributed by atoms with Crippen LogP contribution in [-0.4, -0.2) is 24.7 Å². The van der Waals surface area contributed by atoms with E-state index in [1.54, 1.807) is 4.68 Å². The van der Waals surface area contributed by atoms with E-state index in [-0.39, 0.29) is 0 Å². The normalized spacial score (nSPS) is 13.1. The number of rotatable bonds is 6. The monoisotopic (exact) mass is 276 g/mol. The van der Waals surface area contributed by atoms with Crippen molar-refractivity contribution in [2.24, 2.45) is 7.05 Å². The molecule has 20 heavy (non-hydrogen) atoms. The fourth-order valence-corrected chi connectivity index (χ4v) is 2.61. The summed E-state index contributed by atoms with van der Waals surface area (Å²) >= 11 is 0. The molecule has 0 aliphatic rings. The lowest BCUT2D eigenvalue weighted by Crippen LogP contribution is -2.09. The van der Waals surface area contributed by atoms with Crippen molar-refractivity contribution in [3.63, 3.8) is 0 Å². The molecule has 0 aliphatic heterocycles. The first-order valence-electron chi connectivity index (χ1n) is 7.27. The Bertz CT molecular complexity index is 554. The van der Waals surface area contributed by atoms with Gasteiger partial charge in [0.25, 0.3) is 0 Å². The Morgan fingerprint density at radius 1 is 1.25 bits per heavy atom. The average molecular weight is 276 g/mol. The molecule has 1 unspecified atom stereocenters. The number of hydrogen-bond acceptors (Lipinski definition) is 3. The first kappa shape index (κ1) is 14.8. The summed E-state index contributed by atoms with van der Waals surface area (Å²) in [7, 11) is 1.87. The molecular formula is C15H24N4O. The maximum absolute atomic E-state index is 10.3. The molecule has 110 valence electrons. The summed E-state index contributed by atoms with van der Waals surface area (Å²) in [6, 6.07) is 2.44. The van der Waals surface area contributed by atoms with Gasteiger partial charge in [-0.25, -0.2) is 0 Å². The Labute approximate surface area is 120 Å². The summed E-state index contributed by atoms with van der Waals surface area (Å²) in [4.78, 5) is 0. The Kier molecular flexibility index (Phi) is 4.60. The molecule has 0 saturated heterocycles. The molecule has 5 nitrogen and oxygen atoms in total. The van der Waals surface area contributed by atoms with Gasteiger partial charge in [0.05, 0.1) is 23.5 Å². The molecule has 0 bridgehead atoms. The first-order chi connectivity index (χ1) is 9.55. The summed E-state index contributed by atoms with van der Waals surface area (Å²) < 4.78 is 3.74. The van der Waals surface area contributed by atoms with Gasteiger partial charge in [-0.3, -0.25) is 9.36 Å². The second-order valence-corrected chi connectivity index (χ2v) is 5.32. The summed E-state index contributed by atoms with van der Waals surface area (Å²) in [5, 5.41) is 19.2. The highest BCUT2D eigenvalue weighted by atomic mass is 16.3. The fourth-order valence-electron chi connectivity index (χ4n) is 2.61. The molecule has 2 heterocycles. The van der Waals surface area contributed by atoms with Crippen molar-refractivity contribution in [1.29, 1.82) is 0 Å². The summed E-state index contributed by atoms with van der Waals surface area (Å²) in [6.07, 6.45) is 6.01. The summed E-state index contributed by atoms with van der Waals surface area (Å²) in [5.74, 6) is 0. The van der Waals surface area contributed by atoms with Gasteiger partial charge in [0.15, 0.2) is 0 Å². The quantitative estimate of drug-likeness (QED) is 0.882. The molecule has 0 saturated carbocycles. The third-order valence-electron chi connectivity index (χ3n) is 3.79. The number of nitrogens with zero attached hydrogens (tertiary/aromatic N) is 4. The Morgan fingerprint density at radius 3 is 2.50 bits per heavy atom. The zero-order chi connectivity index (χ0) is 14.7. The van der Waals surface area contributed by atoms with E-state index in [2.05, 4.69) is 24.0 Å². The highest BCUT2D eigenvalue weighted by Crippen LogP contribution is 2.21. The molecule has 2 rings (SSSR count). The molecule has 1 atom stereocenters. The van der Waals surface area contributed by atoms with Gasteiger partial charge in [0.2, 0.25) is 0 Å². The zero-order valence-corrected chi connectivity index (χ0v) is 12.7. The third kappa shape index (κ3) is 3.10. The largest absolute Gasteiger partial charge is 0.388 e. The molecule has 0 aliphatic carbocycles. The summed E-state index contributed by atoms with van der Waals surface area (Å²) in [5.41, 5.74) is 2.68. The minimum Gasteiger partial charge on any atom is -0.388 e. The Balaban J connectivity index is 2.08. The van der Waals surface area contributed by atoms with E-state index in [0.717, 1.165) is 29.8 Å². The van der Waals surface area contributed by atoms with Gasteiger partial charge in [0.1, 0.15) is 0 Å². The van der Waals surface area contributed by atoms with E-state index in [1.165, 1.54) is 0 Å². The number of aryl methyl sites for hydroxylation is 2. The van der Waals surface area contributed by atoms with Gasteiger partial charge < -0.3 is 5.11 Å². The van der Waals surface area contributed by atoms with Crippen molar-refractivity contribution in [2.75, 3.05) is 0 Å². The van der Waals surface area contributed by atoms with Crippen LogP contribution in [0, 0.1) is 6.92 Å². The minimum absolute atomic E-state index is 0.445. The van der Waals surface area contributed by atoms with Crippen molar-refractivity contribution in [3.05, 3.63) is 35.4 Å². The predicted molar refractivity (Wildman–Crippen MR) is 78.5 cm³/mol. The molecule has 5 heteroatoms. The van der Waals surface area contributed by atoms with E-state index in [1.807, 2.05) is 37.1 Å².